The topological polar surface area (TPSA) is 84.9 Å². The van der Waals surface area contributed by atoms with Crippen molar-refractivity contribution in [3.05, 3.63) is 41.4 Å². The normalized spacial score (nSPS) is 13.3. The number of halogens is 1. The molecule has 1 amide bonds. The smallest absolute Gasteiger partial charge is 0.331 e. The SMILES string of the molecule is COCC(C)(NC(=O)COc1ccc(Cl)c2ccccc12)C(=O)O. The van der Waals surface area contributed by atoms with Crippen molar-refractivity contribution in [1.82, 2.24) is 5.32 Å². The number of hydrogen-bond acceptors (Lipinski definition) is 4. The summed E-state index contributed by atoms with van der Waals surface area (Å²) >= 11 is 6.13. The maximum absolute atomic E-state index is 12.0. The number of amides is 1. The molecular formula is C17H18ClNO5. The molecule has 0 saturated heterocycles. The molecule has 1 atom stereocenters. The number of hydrogen-bond donors (Lipinski definition) is 2. The third-order valence-electron chi connectivity index (χ3n) is 3.51. The highest BCUT2D eigenvalue weighted by Gasteiger charge is 2.35. The van der Waals surface area contributed by atoms with Crippen LogP contribution in [0.15, 0.2) is 36.4 Å². The Kier molecular flexibility index (Phi) is 5.64. The second-order valence-electron chi connectivity index (χ2n) is 5.50. The van der Waals surface area contributed by atoms with Crippen molar-refractivity contribution in [2.24, 2.45) is 0 Å². The van der Waals surface area contributed by atoms with E-state index in [1.165, 1.54) is 14.0 Å². The van der Waals surface area contributed by atoms with Gasteiger partial charge in [-0.15, -0.1) is 0 Å². The van der Waals surface area contributed by atoms with Crippen molar-refractivity contribution < 1.29 is 24.2 Å². The number of rotatable bonds is 7. The minimum atomic E-state index is -1.52. The molecule has 0 saturated carbocycles. The van der Waals surface area contributed by atoms with Crippen LogP contribution in [0, 0.1) is 0 Å². The van der Waals surface area contributed by atoms with Gasteiger partial charge in [-0.2, -0.15) is 0 Å². The summed E-state index contributed by atoms with van der Waals surface area (Å²) in [6.07, 6.45) is 0. The average Bonchev–Trinajstić information content (AvgIpc) is 2.54. The first-order valence-corrected chi connectivity index (χ1v) is 7.58. The van der Waals surface area contributed by atoms with Crippen LogP contribution in [0.3, 0.4) is 0 Å². The first-order valence-electron chi connectivity index (χ1n) is 7.21. The monoisotopic (exact) mass is 351 g/mol. The predicted molar refractivity (Wildman–Crippen MR) is 90.5 cm³/mol. The number of benzene rings is 2. The third-order valence-corrected chi connectivity index (χ3v) is 3.84. The highest BCUT2D eigenvalue weighted by Crippen LogP contribution is 2.31. The van der Waals surface area contributed by atoms with Crippen LogP contribution in [0.1, 0.15) is 6.92 Å². The summed E-state index contributed by atoms with van der Waals surface area (Å²) in [6, 6.07) is 10.7. The Morgan fingerprint density at radius 1 is 1.21 bits per heavy atom. The zero-order chi connectivity index (χ0) is 17.7. The van der Waals surface area contributed by atoms with Gasteiger partial charge in [-0.25, -0.2) is 4.79 Å². The molecule has 2 aromatic carbocycles. The van der Waals surface area contributed by atoms with E-state index in [9.17, 15) is 14.7 Å². The van der Waals surface area contributed by atoms with Crippen molar-refractivity contribution in [3.63, 3.8) is 0 Å². The van der Waals surface area contributed by atoms with Gasteiger partial charge in [-0.05, 0) is 19.1 Å². The molecule has 2 aromatic rings. The molecule has 6 nitrogen and oxygen atoms in total. The molecule has 0 fully saturated rings. The fourth-order valence-corrected chi connectivity index (χ4v) is 2.52. The Labute approximate surface area is 144 Å². The van der Waals surface area contributed by atoms with Gasteiger partial charge in [0.2, 0.25) is 0 Å². The fraction of sp³-hybridized carbons (Fsp3) is 0.294. The maximum atomic E-state index is 12.0. The highest BCUT2D eigenvalue weighted by atomic mass is 35.5. The molecule has 1 unspecified atom stereocenters. The summed E-state index contributed by atoms with van der Waals surface area (Å²) in [5, 5.41) is 13.8. The molecule has 2 rings (SSSR count). The molecule has 0 radical (unpaired) electrons. The molecule has 0 aromatic heterocycles. The van der Waals surface area contributed by atoms with Crippen LogP contribution in [0.5, 0.6) is 5.75 Å². The summed E-state index contributed by atoms with van der Waals surface area (Å²) < 4.78 is 10.4. The molecule has 0 bridgehead atoms. The van der Waals surface area contributed by atoms with Gasteiger partial charge in [0.1, 0.15) is 5.75 Å². The lowest BCUT2D eigenvalue weighted by molar-refractivity contribution is -0.149. The van der Waals surface area contributed by atoms with E-state index in [1.807, 2.05) is 24.3 Å². The number of carbonyl (C=O) groups is 2. The summed E-state index contributed by atoms with van der Waals surface area (Å²) in [7, 11) is 1.36. The number of carbonyl (C=O) groups excluding carboxylic acids is 1. The number of carboxylic acid groups (broad SMARTS) is 1. The maximum Gasteiger partial charge on any atom is 0.331 e. The van der Waals surface area contributed by atoms with Crippen molar-refractivity contribution in [1.29, 1.82) is 0 Å². The Balaban J connectivity index is 2.10. The van der Waals surface area contributed by atoms with E-state index in [1.54, 1.807) is 12.1 Å². The number of fused-ring (bicyclic) bond motifs is 1. The molecule has 0 heterocycles. The first-order chi connectivity index (χ1) is 11.4. The molecule has 0 aliphatic heterocycles. The van der Waals surface area contributed by atoms with Crippen LogP contribution in [0.25, 0.3) is 10.8 Å². The third kappa shape index (κ3) is 3.96. The summed E-state index contributed by atoms with van der Waals surface area (Å²) in [6.45, 7) is 0.893. The van der Waals surface area contributed by atoms with Crippen LogP contribution in [-0.2, 0) is 14.3 Å². The minimum absolute atomic E-state index is 0.155. The standard InChI is InChI=1S/C17H18ClNO5/c1-17(10-23-2,16(21)22)19-15(20)9-24-14-8-7-13(18)11-5-3-4-6-12(11)14/h3-8H,9-10H2,1-2H3,(H,19,20)(H,21,22). The van der Waals surface area contributed by atoms with E-state index in [0.717, 1.165) is 10.8 Å². The lowest BCUT2D eigenvalue weighted by Gasteiger charge is -2.25. The van der Waals surface area contributed by atoms with Crippen molar-refractivity contribution in [3.8, 4) is 5.75 Å². The number of ether oxygens (including phenoxy) is 2. The predicted octanol–water partition coefficient (Wildman–Crippen LogP) is 2.48. The van der Waals surface area contributed by atoms with Gasteiger partial charge in [-0.3, -0.25) is 4.79 Å². The molecule has 0 aliphatic rings. The number of nitrogens with one attached hydrogen (secondary N) is 1. The van der Waals surface area contributed by atoms with Crippen molar-refractivity contribution in [2.45, 2.75) is 12.5 Å². The van der Waals surface area contributed by atoms with Crippen LogP contribution in [0.4, 0.5) is 0 Å². The van der Waals surface area contributed by atoms with Gasteiger partial charge in [0.05, 0.1) is 6.61 Å². The van der Waals surface area contributed by atoms with Gasteiger partial charge < -0.3 is 19.9 Å². The van der Waals surface area contributed by atoms with E-state index in [-0.39, 0.29) is 13.2 Å². The lowest BCUT2D eigenvalue weighted by atomic mass is 10.0. The lowest BCUT2D eigenvalue weighted by Crippen LogP contribution is -2.56. The molecule has 24 heavy (non-hydrogen) atoms. The zero-order valence-electron chi connectivity index (χ0n) is 13.3. The van der Waals surface area contributed by atoms with E-state index < -0.39 is 17.4 Å². The van der Waals surface area contributed by atoms with Gasteiger partial charge in [-0.1, -0.05) is 35.9 Å². The summed E-state index contributed by atoms with van der Waals surface area (Å²) in [5.74, 6) is -1.25. The summed E-state index contributed by atoms with van der Waals surface area (Å²) in [5.41, 5.74) is -1.52. The van der Waals surface area contributed by atoms with E-state index in [0.29, 0.717) is 10.8 Å². The number of aliphatic carboxylic acids is 1. The molecular weight excluding hydrogens is 334 g/mol. The average molecular weight is 352 g/mol. The largest absolute Gasteiger partial charge is 0.483 e. The van der Waals surface area contributed by atoms with Crippen molar-refractivity contribution >= 4 is 34.2 Å². The van der Waals surface area contributed by atoms with Gasteiger partial charge >= 0.3 is 5.97 Å². The molecule has 2 N–H and O–H groups in total. The zero-order valence-corrected chi connectivity index (χ0v) is 14.1. The molecule has 128 valence electrons. The van der Waals surface area contributed by atoms with Crippen LogP contribution < -0.4 is 10.1 Å². The quantitative estimate of drug-likeness (QED) is 0.800. The molecule has 0 spiro atoms. The fourth-order valence-electron chi connectivity index (χ4n) is 2.29. The van der Waals surface area contributed by atoms with Crippen molar-refractivity contribution in [2.75, 3.05) is 20.3 Å². The van der Waals surface area contributed by atoms with Crippen LogP contribution in [-0.4, -0.2) is 42.8 Å². The number of carboxylic acids is 1. The molecule has 7 heteroatoms. The summed E-state index contributed by atoms with van der Waals surface area (Å²) in [4.78, 5) is 23.3. The Morgan fingerprint density at radius 3 is 2.50 bits per heavy atom. The molecule has 0 aliphatic carbocycles. The highest BCUT2D eigenvalue weighted by molar-refractivity contribution is 6.35. The van der Waals surface area contributed by atoms with E-state index in [4.69, 9.17) is 21.1 Å². The first kappa shape index (κ1) is 18.0. The second-order valence-corrected chi connectivity index (χ2v) is 5.91. The van der Waals surface area contributed by atoms with Gasteiger partial charge in [0.15, 0.2) is 12.1 Å². The van der Waals surface area contributed by atoms with E-state index in [2.05, 4.69) is 5.32 Å². The Morgan fingerprint density at radius 2 is 1.88 bits per heavy atom. The van der Waals surface area contributed by atoms with Crippen LogP contribution in [0.2, 0.25) is 5.02 Å². The Bertz CT molecular complexity index is 764. The van der Waals surface area contributed by atoms with Gasteiger partial charge in [0.25, 0.3) is 5.91 Å². The van der Waals surface area contributed by atoms with Gasteiger partial charge in [0, 0.05) is 22.9 Å². The van der Waals surface area contributed by atoms with E-state index >= 15 is 0 Å². The second kappa shape index (κ2) is 7.51. The number of methoxy groups -OCH3 is 1. The Hall–Kier alpha value is -2.31. The van der Waals surface area contributed by atoms with Crippen LogP contribution >= 0.6 is 11.6 Å². The minimum Gasteiger partial charge on any atom is -0.483 e.